The van der Waals surface area contributed by atoms with Crippen molar-refractivity contribution < 1.29 is 10.2 Å². The molecule has 0 amide bonds. The van der Waals surface area contributed by atoms with E-state index < -0.39 is 0 Å². The van der Waals surface area contributed by atoms with Crippen LogP contribution in [-0.2, 0) is 0 Å². The molecule has 2 fully saturated rings. The van der Waals surface area contributed by atoms with Crippen molar-refractivity contribution in [1.29, 1.82) is 0 Å². The Balaban J connectivity index is 1.96. The van der Waals surface area contributed by atoms with E-state index in [1.54, 1.807) is 0 Å². The van der Waals surface area contributed by atoms with Gasteiger partial charge < -0.3 is 10.2 Å². The molecule has 2 nitrogen and oxygen atoms in total. The van der Waals surface area contributed by atoms with Gasteiger partial charge in [0, 0.05) is 6.61 Å². The minimum Gasteiger partial charge on any atom is -0.507 e. The Morgan fingerprint density at radius 2 is 1.38 bits per heavy atom. The molecule has 26 heavy (non-hydrogen) atoms. The number of hydrogen-bond acceptors (Lipinski definition) is 2. The maximum Gasteiger partial charge on any atom is 0.122 e. The molecule has 1 atom stereocenters. The highest BCUT2D eigenvalue weighted by atomic mass is 16.3. The highest BCUT2D eigenvalue weighted by Gasteiger charge is 2.26. The van der Waals surface area contributed by atoms with Crippen LogP contribution >= 0.6 is 0 Å². The van der Waals surface area contributed by atoms with Crippen LogP contribution in [0, 0.1) is 0 Å². The van der Waals surface area contributed by atoms with Crippen LogP contribution in [0.25, 0.3) is 0 Å². The molecule has 2 saturated carbocycles. The topological polar surface area (TPSA) is 40.5 Å². The Labute approximate surface area is 160 Å². The smallest absolute Gasteiger partial charge is 0.122 e. The molecule has 3 rings (SSSR count). The van der Waals surface area contributed by atoms with E-state index in [2.05, 4.69) is 19.1 Å². The van der Waals surface area contributed by atoms with Crippen molar-refractivity contribution in [3.05, 3.63) is 28.8 Å². The molecule has 2 aliphatic rings. The summed E-state index contributed by atoms with van der Waals surface area (Å²) in [5, 5.41) is 20.5. The summed E-state index contributed by atoms with van der Waals surface area (Å²) in [5.74, 6) is 2.22. The highest BCUT2D eigenvalue weighted by Crippen LogP contribution is 2.45. The van der Waals surface area contributed by atoms with Crippen LogP contribution in [0.3, 0.4) is 0 Å². The van der Waals surface area contributed by atoms with Crippen LogP contribution < -0.4 is 0 Å². The second kappa shape index (κ2) is 9.78. The molecule has 2 N–H and O–H groups in total. The predicted octanol–water partition coefficient (Wildman–Crippen LogP) is 6.75. The summed E-state index contributed by atoms with van der Waals surface area (Å²) in [6, 6.07) is 4.67. The van der Waals surface area contributed by atoms with Gasteiger partial charge in [0.05, 0.1) is 0 Å². The number of aromatic hydroxyl groups is 1. The van der Waals surface area contributed by atoms with E-state index in [1.807, 2.05) is 0 Å². The molecule has 2 aliphatic carbocycles. The summed E-state index contributed by atoms with van der Waals surface area (Å²) < 4.78 is 0. The zero-order valence-corrected chi connectivity index (χ0v) is 16.7. The quantitative estimate of drug-likeness (QED) is 0.565. The van der Waals surface area contributed by atoms with E-state index in [0.717, 1.165) is 19.3 Å². The maximum absolute atomic E-state index is 11.2. The zero-order chi connectivity index (χ0) is 18.4. The van der Waals surface area contributed by atoms with Crippen LogP contribution in [0.2, 0.25) is 0 Å². The third-order valence-corrected chi connectivity index (χ3v) is 6.96. The normalized spacial score (nSPS) is 21.0. The molecule has 0 spiro atoms. The average molecular weight is 359 g/mol. The molecule has 0 heterocycles. The van der Waals surface area contributed by atoms with Gasteiger partial charge in [-0.2, -0.15) is 0 Å². The fourth-order valence-corrected chi connectivity index (χ4v) is 5.33. The SMILES string of the molecule is CCC(CCCO)c1cc(C2CCCCC2)c(O)c(C2CCCCC2)c1. The first-order chi connectivity index (χ1) is 12.7. The van der Waals surface area contributed by atoms with Crippen molar-refractivity contribution in [3.8, 4) is 5.75 Å². The lowest BCUT2D eigenvalue weighted by Gasteiger charge is -2.29. The summed E-state index contributed by atoms with van der Waals surface area (Å²) >= 11 is 0. The van der Waals surface area contributed by atoms with E-state index in [1.165, 1.54) is 80.9 Å². The van der Waals surface area contributed by atoms with Crippen LogP contribution in [0.5, 0.6) is 5.75 Å². The fourth-order valence-electron chi connectivity index (χ4n) is 5.33. The number of phenols is 1. The van der Waals surface area contributed by atoms with Crippen molar-refractivity contribution in [2.24, 2.45) is 0 Å². The molecule has 0 aromatic heterocycles. The molecule has 0 radical (unpaired) electrons. The second-order valence-electron chi connectivity index (χ2n) is 8.69. The van der Waals surface area contributed by atoms with Crippen LogP contribution in [0.1, 0.15) is 125 Å². The first-order valence-electron chi connectivity index (χ1n) is 11.2. The maximum atomic E-state index is 11.2. The Morgan fingerprint density at radius 3 is 1.81 bits per heavy atom. The lowest BCUT2D eigenvalue weighted by molar-refractivity contribution is 0.279. The molecular weight excluding hydrogens is 320 g/mol. The summed E-state index contributed by atoms with van der Waals surface area (Å²) in [6.07, 6.45) is 15.8. The number of hydrogen-bond donors (Lipinski definition) is 2. The highest BCUT2D eigenvalue weighted by molar-refractivity contribution is 5.48. The van der Waals surface area contributed by atoms with E-state index in [-0.39, 0.29) is 6.61 Å². The number of aliphatic hydroxyl groups is 1. The van der Waals surface area contributed by atoms with Crippen molar-refractivity contribution in [2.75, 3.05) is 6.61 Å². The Bertz CT molecular complexity index is 514. The first kappa shape index (κ1) is 19.7. The van der Waals surface area contributed by atoms with Crippen LogP contribution in [-0.4, -0.2) is 16.8 Å². The summed E-state index contributed by atoms with van der Waals surface area (Å²) in [5.41, 5.74) is 3.90. The van der Waals surface area contributed by atoms with Gasteiger partial charge in [0.15, 0.2) is 0 Å². The Morgan fingerprint density at radius 1 is 0.885 bits per heavy atom. The predicted molar refractivity (Wildman–Crippen MR) is 109 cm³/mol. The average Bonchev–Trinajstić information content (AvgIpc) is 2.70. The Kier molecular flexibility index (Phi) is 7.42. The van der Waals surface area contributed by atoms with Gasteiger partial charge in [-0.15, -0.1) is 0 Å². The van der Waals surface area contributed by atoms with E-state index in [9.17, 15) is 10.2 Å². The monoisotopic (exact) mass is 358 g/mol. The van der Waals surface area contributed by atoms with Crippen molar-refractivity contribution >= 4 is 0 Å². The van der Waals surface area contributed by atoms with Gasteiger partial charge >= 0.3 is 0 Å². The van der Waals surface area contributed by atoms with Crippen LogP contribution in [0.4, 0.5) is 0 Å². The van der Waals surface area contributed by atoms with Gasteiger partial charge in [-0.1, -0.05) is 57.6 Å². The molecule has 0 aliphatic heterocycles. The zero-order valence-electron chi connectivity index (χ0n) is 16.7. The van der Waals surface area contributed by atoms with Crippen molar-refractivity contribution in [2.45, 2.75) is 108 Å². The third kappa shape index (κ3) is 4.63. The van der Waals surface area contributed by atoms with Gasteiger partial charge in [-0.3, -0.25) is 0 Å². The summed E-state index contributed by atoms with van der Waals surface area (Å²) in [6.45, 7) is 2.54. The lowest BCUT2D eigenvalue weighted by atomic mass is 9.76. The molecule has 1 aromatic carbocycles. The van der Waals surface area contributed by atoms with Gasteiger partial charge in [-0.05, 0) is 79.4 Å². The van der Waals surface area contributed by atoms with Crippen molar-refractivity contribution in [3.63, 3.8) is 0 Å². The van der Waals surface area contributed by atoms with E-state index >= 15 is 0 Å². The van der Waals surface area contributed by atoms with Gasteiger partial charge in [-0.25, -0.2) is 0 Å². The fraction of sp³-hybridized carbons (Fsp3) is 0.750. The lowest BCUT2D eigenvalue weighted by Crippen LogP contribution is -2.11. The van der Waals surface area contributed by atoms with Gasteiger partial charge in [0.2, 0.25) is 0 Å². The van der Waals surface area contributed by atoms with Crippen LogP contribution in [0.15, 0.2) is 12.1 Å². The molecule has 1 unspecified atom stereocenters. The first-order valence-corrected chi connectivity index (χ1v) is 11.2. The molecule has 0 bridgehead atoms. The number of aliphatic hydroxyl groups excluding tert-OH is 1. The van der Waals surface area contributed by atoms with E-state index in [0.29, 0.717) is 23.5 Å². The number of rotatable bonds is 7. The minimum atomic E-state index is 0.277. The summed E-state index contributed by atoms with van der Waals surface area (Å²) in [7, 11) is 0. The number of phenolic OH excluding ortho intramolecular Hbond substituents is 1. The van der Waals surface area contributed by atoms with Crippen molar-refractivity contribution in [1.82, 2.24) is 0 Å². The standard InChI is InChI=1S/C24H38O2/c1-2-18(14-9-15-25)21-16-22(19-10-5-3-6-11-19)24(26)23(17-21)20-12-7-4-8-13-20/h16-20,25-26H,2-15H2,1H3. The second-order valence-corrected chi connectivity index (χ2v) is 8.69. The Hall–Kier alpha value is -1.02. The molecular formula is C24H38O2. The molecule has 2 heteroatoms. The largest absolute Gasteiger partial charge is 0.507 e. The third-order valence-electron chi connectivity index (χ3n) is 6.96. The minimum absolute atomic E-state index is 0.277. The molecule has 1 aromatic rings. The van der Waals surface area contributed by atoms with Gasteiger partial charge in [0.25, 0.3) is 0 Å². The number of benzene rings is 1. The van der Waals surface area contributed by atoms with E-state index in [4.69, 9.17) is 0 Å². The summed E-state index contributed by atoms with van der Waals surface area (Å²) in [4.78, 5) is 0. The van der Waals surface area contributed by atoms with Gasteiger partial charge in [0.1, 0.15) is 5.75 Å². The molecule has 146 valence electrons. The molecule has 0 saturated heterocycles.